The van der Waals surface area contributed by atoms with Crippen LogP contribution in [0.4, 0.5) is 19.4 Å². The first kappa shape index (κ1) is 21.7. The summed E-state index contributed by atoms with van der Waals surface area (Å²) in [7, 11) is -0.772. The highest BCUT2D eigenvalue weighted by molar-refractivity contribution is 7.87. The molecular formula is C21H21F2N5O4S. The number of aromatic nitrogens is 1. The standard InChI is InChI=1S/C21H21F2N5O4S/c1-26(2)33(30,31)25-12-9-13-11-28(21(29)27(13)10-12)20-19-14(5-3-8-17(19)32-24-20)18-15(22)6-4-7-16(18)23/h3-8,12-13,25H,9-11H2,1-2H3/t12-,13-/m0/s1. The Morgan fingerprint density at radius 3 is 2.48 bits per heavy atom. The molecule has 0 spiro atoms. The van der Waals surface area contributed by atoms with Crippen LogP contribution in [0.25, 0.3) is 22.1 Å². The van der Waals surface area contributed by atoms with Crippen molar-refractivity contribution in [3.8, 4) is 11.1 Å². The molecule has 174 valence electrons. The second-order valence-electron chi connectivity index (χ2n) is 8.32. The number of urea groups is 1. The number of amides is 2. The van der Waals surface area contributed by atoms with Crippen molar-refractivity contribution in [1.29, 1.82) is 0 Å². The molecule has 9 nitrogen and oxygen atoms in total. The molecule has 2 aromatic carbocycles. The maximum Gasteiger partial charge on any atom is 0.326 e. The van der Waals surface area contributed by atoms with Crippen LogP contribution in [0.5, 0.6) is 0 Å². The molecule has 2 atom stereocenters. The van der Waals surface area contributed by atoms with Gasteiger partial charge in [-0.15, -0.1) is 0 Å². The van der Waals surface area contributed by atoms with Crippen molar-refractivity contribution in [3.05, 3.63) is 48.0 Å². The second-order valence-corrected chi connectivity index (χ2v) is 10.2. The van der Waals surface area contributed by atoms with Crippen molar-refractivity contribution >= 4 is 33.0 Å². The van der Waals surface area contributed by atoms with Crippen molar-refractivity contribution in [2.45, 2.75) is 18.5 Å². The van der Waals surface area contributed by atoms with Crippen molar-refractivity contribution in [3.63, 3.8) is 0 Å². The van der Waals surface area contributed by atoms with Crippen LogP contribution in [-0.4, -0.2) is 68.1 Å². The molecule has 33 heavy (non-hydrogen) atoms. The average molecular weight is 477 g/mol. The van der Waals surface area contributed by atoms with Crippen LogP contribution in [0, 0.1) is 11.6 Å². The van der Waals surface area contributed by atoms with Gasteiger partial charge >= 0.3 is 6.03 Å². The number of anilines is 1. The van der Waals surface area contributed by atoms with E-state index in [2.05, 4.69) is 9.88 Å². The van der Waals surface area contributed by atoms with Gasteiger partial charge in [0.1, 0.15) is 11.6 Å². The minimum absolute atomic E-state index is 0.174. The highest BCUT2D eigenvalue weighted by atomic mass is 32.2. The number of benzene rings is 2. The molecule has 1 aromatic heterocycles. The normalized spacial score (nSPS) is 20.9. The Bertz CT molecular complexity index is 1340. The lowest BCUT2D eigenvalue weighted by Crippen LogP contribution is -2.44. The average Bonchev–Trinajstić information content (AvgIpc) is 3.42. The Morgan fingerprint density at radius 2 is 1.82 bits per heavy atom. The zero-order valence-corrected chi connectivity index (χ0v) is 18.6. The van der Waals surface area contributed by atoms with E-state index < -0.39 is 27.9 Å². The summed E-state index contributed by atoms with van der Waals surface area (Å²) in [6.45, 7) is 0.451. The Morgan fingerprint density at radius 1 is 1.12 bits per heavy atom. The summed E-state index contributed by atoms with van der Waals surface area (Å²) in [4.78, 5) is 16.2. The van der Waals surface area contributed by atoms with Crippen LogP contribution in [0.15, 0.2) is 40.9 Å². The number of carbonyl (C=O) groups is 1. The van der Waals surface area contributed by atoms with Crippen molar-refractivity contribution in [1.82, 2.24) is 19.1 Å². The van der Waals surface area contributed by atoms with E-state index in [1.165, 1.54) is 25.1 Å². The number of nitrogens with one attached hydrogen (secondary N) is 1. The first-order valence-corrected chi connectivity index (χ1v) is 11.7. The van der Waals surface area contributed by atoms with Crippen LogP contribution in [0.3, 0.4) is 0 Å². The molecule has 0 saturated carbocycles. The lowest BCUT2D eigenvalue weighted by atomic mass is 10.00. The number of nitrogens with zero attached hydrogens (tertiary/aromatic N) is 4. The molecule has 0 unspecified atom stereocenters. The van der Waals surface area contributed by atoms with Crippen LogP contribution < -0.4 is 9.62 Å². The molecule has 0 aliphatic carbocycles. The molecule has 2 saturated heterocycles. The molecule has 12 heteroatoms. The zero-order chi connectivity index (χ0) is 23.5. The predicted octanol–water partition coefficient (Wildman–Crippen LogP) is 2.55. The number of hydrogen-bond acceptors (Lipinski definition) is 5. The predicted molar refractivity (Wildman–Crippen MR) is 117 cm³/mol. The van der Waals surface area contributed by atoms with Gasteiger partial charge in [-0.3, -0.25) is 4.90 Å². The topological polar surface area (TPSA) is 99.0 Å². The minimum atomic E-state index is -3.63. The van der Waals surface area contributed by atoms with E-state index in [-0.39, 0.29) is 42.1 Å². The third-order valence-corrected chi connectivity index (χ3v) is 7.64. The smallest absolute Gasteiger partial charge is 0.326 e. The van der Waals surface area contributed by atoms with Gasteiger partial charge in [0.05, 0.1) is 17.0 Å². The number of hydrogen-bond donors (Lipinski definition) is 1. The van der Waals surface area contributed by atoms with E-state index >= 15 is 0 Å². The van der Waals surface area contributed by atoms with Crippen LogP contribution in [0.1, 0.15) is 6.42 Å². The summed E-state index contributed by atoms with van der Waals surface area (Å²) in [5, 5.41) is 4.38. The third-order valence-electron chi connectivity index (χ3n) is 6.05. The molecule has 0 radical (unpaired) electrons. The van der Waals surface area contributed by atoms with Gasteiger partial charge in [0.25, 0.3) is 10.2 Å². The fourth-order valence-corrected chi connectivity index (χ4v) is 5.27. The van der Waals surface area contributed by atoms with Crippen LogP contribution in [-0.2, 0) is 10.2 Å². The van der Waals surface area contributed by atoms with E-state index in [0.717, 1.165) is 16.4 Å². The summed E-state index contributed by atoms with van der Waals surface area (Å²) in [6.07, 6.45) is 0.430. The minimum Gasteiger partial charge on any atom is -0.354 e. The van der Waals surface area contributed by atoms with Crippen molar-refractivity contribution in [2.75, 3.05) is 32.1 Å². The molecule has 3 heterocycles. The monoisotopic (exact) mass is 477 g/mol. The molecular weight excluding hydrogens is 456 g/mol. The molecule has 2 fully saturated rings. The maximum atomic E-state index is 14.5. The summed E-state index contributed by atoms with van der Waals surface area (Å²) in [6, 6.07) is 7.35. The van der Waals surface area contributed by atoms with E-state index in [1.807, 2.05) is 0 Å². The molecule has 5 rings (SSSR count). The van der Waals surface area contributed by atoms with E-state index in [4.69, 9.17) is 4.52 Å². The molecule has 2 aliphatic rings. The quantitative estimate of drug-likeness (QED) is 0.609. The highest BCUT2D eigenvalue weighted by Gasteiger charge is 2.47. The Hall–Kier alpha value is -3.09. The number of carbonyl (C=O) groups excluding carboxylic acids is 1. The first-order chi connectivity index (χ1) is 15.7. The summed E-state index contributed by atoms with van der Waals surface area (Å²) in [5.74, 6) is -1.30. The van der Waals surface area contributed by atoms with Gasteiger partial charge in [-0.2, -0.15) is 17.4 Å². The highest BCUT2D eigenvalue weighted by Crippen LogP contribution is 2.40. The van der Waals surface area contributed by atoms with E-state index in [1.54, 1.807) is 23.1 Å². The molecule has 1 N–H and O–H groups in total. The third kappa shape index (κ3) is 3.54. The Labute approximate surface area is 188 Å². The van der Waals surface area contributed by atoms with Gasteiger partial charge in [0.15, 0.2) is 11.4 Å². The number of rotatable bonds is 5. The molecule has 3 aromatic rings. The van der Waals surface area contributed by atoms with E-state index in [0.29, 0.717) is 17.4 Å². The Kier molecular flexibility index (Phi) is 5.10. The van der Waals surface area contributed by atoms with Gasteiger partial charge < -0.3 is 9.42 Å². The van der Waals surface area contributed by atoms with Gasteiger partial charge in [-0.05, 0) is 24.6 Å². The van der Waals surface area contributed by atoms with Gasteiger partial charge in [0, 0.05) is 38.8 Å². The fourth-order valence-electron chi connectivity index (χ4n) is 4.47. The zero-order valence-electron chi connectivity index (χ0n) is 17.8. The molecule has 2 amide bonds. The SMILES string of the molecule is CN(C)S(=O)(=O)N[C@H]1C[C@H]2CN(c3noc4cccc(-c5c(F)cccc5F)c34)C(=O)N2C1. The van der Waals surface area contributed by atoms with Crippen LogP contribution >= 0.6 is 0 Å². The first-order valence-electron chi connectivity index (χ1n) is 10.3. The van der Waals surface area contributed by atoms with Gasteiger partial charge in [-0.1, -0.05) is 23.4 Å². The fraction of sp³-hybridized carbons (Fsp3) is 0.333. The second kappa shape index (κ2) is 7.75. The largest absolute Gasteiger partial charge is 0.354 e. The summed E-state index contributed by atoms with van der Waals surface area (Å²) in [5.41, 5.74) is 0.301. The summed E-state index contributed by atoms with van der Waals surface area (Å²) < 4.78 is 62.4. The number of halogens is 2. The molecule has 2 aliphatic heterocycles. The van der Waals surface area contributed by atoms with E-state index in [9.17, 15) is 22.0 Å². The summed E-state index contributed by atoms with van der Waals surface area (Å²) >= 11 is 0. The lowest BCUT2D eigenvalue weighted by Gasteiger charge is -2.20. The Balaban J connectivity index is 1.47. The van der Waals surface area contributed by atoms with Gasteiger partial charge in [0.2, 0.25) is 0 Å². The van der Waals surface area contributed by atoms with Crippen molar-refractivity contribution in [2.24, 2.45) is 0 Å². The molecule has 0 bridgehead atoms. The van der Waals surface area contributed by atoms with Crippen molar-refractivity contribution < 1.29 is 26.5 Å². The van der Waals surface area contributed by atoms with Crippen LogP contribution in [0.2, 0.25) is 0 Å². The lowest BCUT2D eigenvalue weighted by molar-refractivity contribution is 0.218. The van der Waals surface area contributed by atoms with Gasteiger partial charge in [-0.25, -0.2) is 13.6 Å². The maximum absolute atomic E-state index is 14.5. The number of fused-ring (bicyclic) bond motifs is 2.